The van der Waals surface area contributed by atoms with Gasteiger partial charge < -0.3 is 9.84 Å². The number of allylic oxidation sites excluding steroid dienone is 5. The smallest absolute Gasteiger partial charge is 0.335 e. The number of carboxylic acid groups (broad SMARTS) is 1. The summed E-state index contributed by atoms with van der Waals surface area (Å²) in [6.07, 6.45) is 7.34. The SMILES string of the molecule is C=C/C=C\C(=C/C)c1cccc(C(=O)O)c1.CC.COC=O. The molecule has 0 aliphatic carbocycles. The molecule has 1 N–H and O–H groups in total. The predicted octanol–water partition coefficient (Wildman–Crippen LogP) is 4.35. The van der Waals surface area contributed by atoms with Crippen LogP contribution in [0.15, 0.2) is 55.1 Å². The summed E-state index contributed by atoms with van der Waals surface area (Å²) in [5.74, 6) is -0.912. The summed E-state index contributed by atoms with van der Waals surface area (Å²) in [6.45, 7) is 9.89. The van der Waals surface area contributed by atoms with Crippen molar-refractivity contribution in [3.8, 4) is 0 Å². The molecule has 0 atom stereocenters. The zero-order chi connectivity index (χ0) is 17.4. The standard InChI is InChI=1S/C14H14O2.C2H4O2.C2H6/c1-3-5-7-11(4-2)12-8-6-9-13(10-12)14(15)16;1-4-2-3;1-2/h3-10H,1H2,2H3,(H,15,16);2H,1H3;1-2H3/b7-5-,11-4+;;. The lowest BCUT2D eigenvalue weighted by atomic mass is 10.0. The minimum Gasteiger partial charge on any atom is -0.478 e. The van der Waals surface area contributed by atoms with E-state index in [1.165, 1.54) is 7.11 Å². The number of aromatic carboxylic acids is 1. The number of hydrogen-bond acceptors (Lipinski definition) is 3. The average molecular weight is 304 g/mol. The van der Waals surface area contributed by atoms with Gasteiger partial charge in [-0.1, -0.05) is 56.9 Å². The third-order valence-corrected chi connectivity index (χ3v) is 2.26. The summed E-state index contributed by atoms with van der Waals surface area (Å²) in [6, 6.07) is 6.86. The van der Waals surface area contributed by atoms with E-state index in [1.807, 2.05) is 45.1 Å². The molecule has 0 saturated carbocycles. The minimum absolute atomic E-state index is 0.295. The van der Waals surface area contributed by atoms with Gasteiger partial charge in [0.1, 0.15) is 0 Å². The van der Waals surface area contributed by atoms with Crippen molar-refractivity contribution in [1.29, 1.82) is 0 Å². The minimum atomic E-state index is -0.912. The van der Waals surface area contributed by atoms with Crippen LogP contribution < -0.4 is 0 Å². The monoisotopic (exact) mass is 304 g/mol. The van der Waals surface area contributed by atoms with Crippen LogP contribution in [0.4, 0.5) is 0 Å². The fourth-order valence-electron chi connectivity index (χ4n) is 1.36. The number of carbonyl (C=O) groups excluding carboxylic acids is 1. The van der Waals surface area contributed by atoms with Crippen LogP contribution in [0.3, 0.4) is 0 Å². The van der Waals surface area contributed by atoms with Crippen LogP contribution in [0, 0.1) is 0 Å². The Balaban J connectivity index is 0. The summed E-state index contributed by atoms with van der Waals surface area (Å²) in [5.41, 5.74) is 2.16. The van der Waals surface area contributed by atoms with E-state index in [9.17, 15) is 4.79 Å². The Labute approximate surface area is 132 Å². The molecule has 0 unspecified atom stereocenters. The van der Waals surface area contributed by atoms with Crippen molar-refractivity contribution < 1.29 is 19.4 Å². The topological polar surface area (TPSA) is 63.6 Å². The lowest BCUT2D eigenvalue weighted by Gasteiger charge is -2.03. The molecular weight excluding hydrogens is 280 g/mol. The first-order chi connectivity index (χ1) is 10.6. The molecule has 0 aromatic heterocycles. The molecule has 0 radical (unpaired) electrons. The second kappa shape index (κ2) is 14.8. The molecule has 0 saturated heterocycles. The van der Waals surface area contributed by atoms with Crippen molar-refractivity contribution >= 4 is 18.0 Å². The maximum Gasteiger partial charge on any atom is 0.335 e. The average Bonchev–Trinajstić information content (AvgIpc) is 2.58. The van der Waals surface area contributed by atoms with Crippen LogP contribution in [0.2, 0.25) is 0 Å². The molecule has 120 valence electrons. The number of methoxy groups -OCH3 is 1. The summed E-state index contributed by atoms with van der Waals surface area (Å²) < 4.78 is 3.86. The molecular formula is C18H24O4. The van der Waals surface area contributed by atoms with E-state index < -0.39 is 5.97 Å². The molecule has 0 spiro atoms. The molecule has 4 nitrogen and oxygen atoms in total. The van der Waals surface area contributed by atoms with Crippen LogP contribution in [-0.2, 0) is 9.53 Å². The quantitative estimate of drug-likeness (QED) is 0.649. The predicted molar refractivity (Wildman–Crippen MR) is 90.8 cm³/mol. The summed E-state index contributed by atoms with van der Waals surface area (Å²) >= 11 is 0. The van der Waals surface area contributed by atoms with Gasteiger partial charge in [0.15, 0.2) is 0 Å². The number of ether oxygens (including phenoxy) is 1. The van der Waals surface area contributed by atoms with Gasteiger partial charge in [0.25, 0.3) is 6.47 Å². The molecule has 0 heterocycles. The Morgan fingerprint density at radius 3 is 2.23 bits per heavy atom. The molecule has 0 aliphatic heterocycles. The van der Waals surface area contributed by atoms with Crippen molar-refractivity contribution in [3.05, 3.63) is 66.3 Å². The number of rotatable bonds is 5. The highest BCUT2D eigenvalue weighted by molar-refractivity contribution is 5.89. The van der Waals surface area contributed by atoms with E-state index in [-0.39, 0.29) is 0 Å². The van der Waals surface area contributed by atoms with Gasteiger partial charge >= 0.3 is 5.97 Å². The van der Waals surface area contributed by atoms with Crippen molar-refractivity contribution in [2.24, 2.45) is 0 Å². The van der Waals surface area contributed by atoms with Crippen molar-refractivity contribution in [1.82, 2.24) is 0 Å². The summed E-state index contributed by atoms with van der Waals surface area (Å²) in [5, 5.41) is 8.89. The molecule has 0 bridgehead atoms. The molecule has 0 amide bonds. The highest BCUT2D eigenvalue weighted by Crippen LogP contribution is 2.17. The Bertz CT molecular complexity index is 514. The Morgan fingerprint density at radius 1 is 1.27 bits per heavy atom. The Kier molecular flexibility index (Phi) is 14.6. The van der Waals surface area contributed by atoms with Gasteiger partial charge in [0, 0.05) is 0 Å². The van der Waals surface area contributed by atoms with E-state index in [0.717, 1.165) is 11.1 Å². The van der Waals surface area contributed by atoms with Gasteiger partial charge in [-0.05, 0) is 30.2 Å². The molecule has 1 aromatic carbocycles. The van der Waals surface area contributed by atoms with Crippen molar-refractivity contribution in [2.45, 2.75) is 20.8 Å². The molecule has 1 rings (SSSR count). The van der Waals surface area contributed by atoms with Crippen LogP contribution in [0.5, 0.6) is 0 Å². The first-order valence-corrected chi connectivity index (χ1v) is 6.86. The maximum absolute atomic E-state index is 10.8. The van der Waals surface area contributed by atoms with E-state index in [0.29, 0.717) is 12.0 Å². The molecule has 0 aliphatic rings. The third-order valence-electron chi connectivity index (χ3n) is 2.26. The van der Waals surface area contributed by atoms with Crippen LogP contribution in [0.1, 0.15) is 36.7 Å². The Morgan fingerprint density at radius 2 is 1.82 bits per heavy atom. The van der Waals surface area contributed by atoms with Gasteiger partial charge in [-0.25, -0.2) is 4.79 Å². The van der Waals surface area contributed by atoms with E-state index in [2.05, 4.69) is 11.3 Å². The van der Waals surface area contributed by atoms with Crippen LogP contribution >= 0.6 is 0 Å². The van der Waals surface area contributed by atoms with Gasteiger partial charge in [0.05, 0.1) is 12.7 Å². The fraction of sp³-hybridized carbons (Fsp3) is 0.222. The van der Waals surface area contributed by atoms with Gasteiger partial charge in [-0.3, -0.25) is 4.79 Å². The number of carboxylic acids is 1. The maximum atomic E-state index is 10.8. The normalized spacial score (nSPS) is 9.73. The van der Waals surface area contributed by atoms with E-state index >= 15 is 0 Å². The zero-order valence-corrected chi connectivity index (χ0v) is 13.6. The third kappa shape index (κ3) is 9.31. The van der Waals surface area contributed by atoms with Crippen molar-refractivity contribution in [3.63, 3.8) is 0 Å². The van der Waals surface area contributed by atoms with Crippen molar-refractivity contribution in [2.75, 3.05) is 7.11 Å². The molecule has 0 fully saturated rings. The second-order valence-electron chi connectivity index (χ2n) is 3.56. The fourth-order valence-corrected chi connectivity index (χ4v) is 1.36. The lowest BCUT2D eigenvalue weighted by molar-refractivity contribution is -0.126. The molecule has 4 heteroatoms. The number of carbonyl (C=O) groups is 2. The van der Waals surface area contributed by atoms with Crippen LogP contribution in [0.25, 0.3) is 5.57 Å². The summed E-state index contributed by atoms with van der Waals surface area (Å²) in [7, 11) is 1.31. The first-order valence-electron chi connectivity index (χ1n) is 6.86. The zero-order valence-electron chi connectivity index (χ0n) is 13.6. The van der Waals surface area contributed by atoms with E-state index in [1.54, 1.807) is 24.3 Å². The van der Waals surface area contributed by atoms with Crippen LogP contribution in [-0.4, -0.2) is 24.7 Å². The largest absolute Gasteiger partial charge is 0.478 e. The summed E-state index contributed by atoms with van der Waals surface area (Å²) in [4.78, 5) is 19.8. The van der Waals surface area contributed by atoms with Gasteiger partial charge in [-0.15, -0.1) is 0 Å². The highest BCUT2D eigenvalue weighted by Gasteiger charge is 2.04. The van der Waals surface area contributed by atoms with Gasteiger partial charge in [0.2, 0.25) is 0 Å². The van der Waals surface area contributed by atoms with E-state index in [4.69, 9.17) is 9.90 Å². The number of benzene rings is 1. The number of hydrogen-bond donors (Lipinski definition) is 1. The first kappa shape index (κ1) is 21.7. The Hall–Kier alpha value is -2.62. The second-order valence-corrected chi connectivity index (χ2v) is 3.56. The highest BCUT2D eigenvalue weighted by atomic mass is 16.5. The molecule has 1 aromatic rings. The molecule has 22 heavy (non-hydrogen) atoms. The van der Waals surface area contributed by atoms with Gasteiger partial charge in [-0.2, -0.15) is 0 Å². The lowest BCUT2D eigenvalue weighted by Crippen LogP contribution is -1.96.